The van der Waals surface area contributed by atoms with Crippen LogP contribution >= 0.6 is 15.9 Å². The van der Waals surface area contributed by atoms with Gasteiger partial charge in [-0.3, -0.25) is 0 Å². The molecule has 0 aliphatic carbocycles. The predicted octanol–water partition coefficient (Wildman–Crippen LogP) is 8.08. The summed E-state index contributed by atoms with van der Waals surface area (Å²) in [5.74, 6) is 0. The summed E-state index contributed by atoms with van der Waals surface area (Å²) in [6, 6.07) is 0. The van der Waals surface area contributed by atoms with Gasteiger partial charge in [-0.15, -0.1) is 0 Å². The lowest BCUT2D eigenvalue weighted by Crippen LogP contribution is -2.10. The summed E-state index contributed by atoms with van der Waals surface area (Å²) in [6.45, 7) is 6.63. The molecule has 0 aliphatic heterocycles. The molecule has 0 aliphatic rings. The Bertz CT molecular complexity index is 251. The fourth-order valence-corrected chi connectivity index (χ4v) is 3.75. The van der Waals surface area contributed by atoms with Gasteiger partial charge in [-0.05, 0) is 6.42 Å². The number of unbranched alkanes of at least 4 members (excludes halogenated alkanes) is 16. The Kier molecular flexibility index (Phi) is 28.7. The van der Waals surface area contributed by atoms with Crippen molar-refractivity contribution in [2.75, 3.05) is 45.0 Å². The average molecular weight is 480 g/mol. The monoisotopic (exact) mass is 478 g/mol. The Balaban J connectivity index is 2.97. The first-order chi connectivity index (χ1) is 14.4. The highest BCUT2D eigenvalue weighted by Gasteiger charge is 1.96. The molecule has 0 amide bonds. The number of ether oxygens (including phenoxy) is 3. The van der Waals surface area contributed by atoms with Crippen molar-refractivity contribution in [1.29, 1.82) is 0 Å². The second kappa shape index (κ2) is 28.4. The molecule has 3 nitrogen and oxygen atoms in total. The maximum absolute atomic E-state index is 5.61. The molecular formula is C25H51BrO3. The highest BCUT2D eigenvalue weighted by Crippen LogP contribution is 2.14. The van der Waals surface area contributed by atoms with Gasteiger partial charge in [0.05, 0.1) is 33.0 Å². The number of hydrogen-bond acceptors (Lipinski definition) is 3. The SMILES string of the molecule is CCCCCCCCCCCCCCCCCCCOCCOCCOCCBr. The molecule has 29 heavy (non-hydrogen) atoms. The molecule has 0 aromatic rings. The van der Waals surface area contributed by atoms with Crippen LogP contribution in [0.2, 0.25) is 0 Å². The quantitative estimate of drug-likeness (QED) is 0.0927. The van der Waals surface area contributed by atoms with E-state index in [1.165, 1.54) is 109 Å². The van der Waals surface area contributed by atoms with Gasteiger partial charge in [0.15, 0.2) is 0 Å². The topological polar surface area (TPSA) is 27.7 Å². The van der Waals surface area contributed by atoms with Gasteiger partial charge in [0.1, 0.15) is 0 Å². The summed E-state index contributed by atoms with van der Waals surface area (Å²) in [5, 5.41) is 0.884. The Hall–Kier alpha value is 0.360. The van der Waals surface area contributed by atoms with E-state index in [2.05, 4.69) is 22.9 Å². The summed E-state index contributed by atoms with van der Waals surface area (Å²) in [7, 11) is 0. The highest BCUT2D eigenvalue weighted by atomic mass is 79.9. The average Bonchev–Trinajstić information content (AvgIpc) is 2.74. The van der Waals surface area contributed by atoms with Crippen LogP contribution in [0.5, 0.6) is 0 Å². The number of hydrogen-bond donors (Lipinski definition) is 0. The highest BCUT2D eigenvalue weighted by molar-refractivity contribution is 9.09. The zero-order valence-electron chi connectivity index (χ0n) is 19.6. The maximum atomic E-state index is 5.61. The van der Waals surface area contributed by atoms with Crippen molar-refractivity contribution >= 4 is 15.9 Å². The molecule has 4 heteroatoms. The van der Waals surface area contributed by atoms with Gasteiger partial charge in [-0.1, -0.05) is 126 Å². The molecule has 0 saturated carbocycles. The zero-order valence-corrected chi connectivity index (χ0v) is 21.2. The van der Waals surface area contributed by atoms with Crippen molar-refractivity contribution in [2.24, 2.45) is 0 Å². The van der Waals surface area contributed by atoms with E-state index in [-0.39, 0.29) is 0 Å². The van der Waals surface area contributed by atoms with E-state index in [0.29, 0.717) is 26.4 Å². The number of alkyl halides is 1. The van der Waals surface area contributed by atoms with Crippen LogP contribution < -0.4 is 0 Å². The van der Waals surface area contributed by atoms with Gasteiger partial charge >= 0.3 is 0 Å². The van der Waals surface area contributed by atoms with Crippen LogP contribution in [-0.4, -0.2) is 45.0 Å². The maximum Gasteiger partial charge on any atom is 0.0701 e. The van der Waals surface area contributed by atoms with Gasteiger partial charge < -0.3 is 14.2 Å². The minimum Gasteiger partial charge on any atom is -0.379 e. The van der Waals surface area contributed by atoms with E-state index in [1.807, 2.05) is 0 Å². The second-order valence-electron chi connectivity index (χ2n) is 8.18. The van der Waals surface area contributed by atoms with E-state index in [9.17, 15) is 0 Å². The minimum atomic E-state index is 0.662. The van der Waals surface area contributed by atoms with Crippen LogP contribution in [0.25, 0.3) is 0 Å². The second-order valence-corrected chi connectivity index (χ2v) is 8.98. The Morgan fingerprint density at radius 1 is 0.379 bits per heavy atom. The van der Waals surface area contributed by atoms with E-state index < -0.39 is 0 Å². The first-order valence-electron chi connectivity index (χ1n) is 12.7. The molecule has 0 aromatic carbocycles. The van der Waals surface area contributed by atoms with Crippen molar-refractivity contribution in [3.63, 3.8) is 0 Å². The molecule has 0 radical (unpaired) electrons. The summed E-state index contributed by atoms with van der Waals surface area (Å²) < 4.78 is 16.4. The lowest BCUT2D eigenvalue weighted by molar-refractivity contribution is 0.0168. The van der Waals surface area contributed by atoms with Crippen molar-refractivity contribution in [3.8, 4) is 0 Å². The third-order valence-corrected chi connectivity index (χ3v) is 5.68. The van der Waals surface area contributed by atoms with Crippen molar-refractivity contribution in [3.05, 3.63) is 0 Å². The zero-order chi connectivity index (χ0) is 21.1. The smallest absolute Gasteiger partial charge is 0.0701 e. The standard InChI is InChI=1S/C25H51BrO3/c1-2-3-4-5-6-7-8-9-10-11-12-13-14-15-16-17-18-20-27-22-24-29-25-23-28-21-19-26/h2-25H2,1H3. The van der Waals surface area contributed by atoms with E-state index in [4.69, 9.17) is 14.2 Å². The number of halogens is 1. The Labute approximate surface area is 191 Å². The van der Waals surface area contributed by atoms with Gasteiger partial charge in [-0.25, -0.2) is 0 Å². The fourth-order valence-electron chi connectivity index (χ4n) is 3.53. The van der Waals surface area contributed by atoms with Crippen LogP contribution in [0.15, 0.2) is 0 Å². The summed E-state index contributed by atoms with van der Waals surface area (Å²) >= 11 is 3.33. The van der Waals surface area contributed by atoms with Crippen LogP contribution in [-0.2, 0) is 14.2 Å². The van der Waals surface area contributed by atoms with E-state index in [0.717, 1.165) is 18.5 Å². The third kappa shape index (κ3) is 28.4. The van der Waals surface area contributed by atoms with Gasteiger partial charge in [0, 0.05) is 11.9 Å². The Morgan fingerprint density at radius 2 is 0.690 bits per heavy atom. The largest absolute Gasteiger partial charge is 0.379 e. The molecule has 0 heterocycles. The summed E-state index contributed by atoms with van der Waals surface area (Å²) in [6.07, 6.45) is 24.0. The molecule has 0 N–H and O–H groups in total. The lowest BCUT2D eigenvalue weighted by atomic mass is 10.0. The molecule has 0 bridgehead atoms. The van der Waals surface area contributed by atoms with Crippen LogP contribution in [0.4, 0.5) is 0 Å². The molecule has 0 unspecified atom stereocenters. The third-order valence-electron chi connectivity index (χ3n) is 5.36. The molecule has 0 fully saturated rings. The molecule has 0 atom stereocenters. The number of rotatable bonds is 26. The fraction of sp³-hybridized carbons (Fsp3) is 1.00. The van der Waals surface area contributed by atoms with Gasteiger partial charge in [0.2, 0.25) is 0 Å². The van der Waals surface area contributed by atoms with Crippen molar-refractivity contribution in [1.82, 2.24) is 0 Å². The molecule has 0 aromatic heterocycles. The van der Waals surface area contributed by atoms with Crippen molar-refractivity contribution < 1.29 is 14.2 Å². The lowest BCUT2D eigenvalue weighted by Gasteiger charge is -2.06. The van der Waals surface area contributed by atoms with Crippen LogP contribution in [0.1, 0.15) is 116 Å². The molecular weight excluding hydrogens is 428 g/mol. The minimum absolute atomic E-state index is 0.662. The van der Waals surface area contributed by atoms with Gasteiger partial charge in [-0.2, -0.15) is 0 Å². The van der Waals surface area contributed by atoms with Crippen molar-refractivity contribution in [2.45, 2.75) is 116 Å². The first kappa shape index (κ1) is 29.4. The van der Waals surface area contributed by atoms with E-state index in [1.54, 1.807) is 0 Å². The molecule has 0 rings (SSSR count). The predicted molar refractivity (Wildman–Crippen MR) is 130 cm³/mol. The summed E-state index contributed by atoms with van der Waals surface area (Å²) in [4.78, 5) is 0. The normalized spacial score (nSPS) is 11.4. The Morgan fingerprint density at radius 3 is 1.07 bits per heavy atom. The first-order valence-corrected chi connectivity index (χ1v) is 13.8. The molecule has 176 valence electrons. The van der Waals surface area contributed by atoms with E-state index >= 15 is 0 Å². The van der Waals surface area contributed by atoms with Gasteiger partial charge in [0.25, 0.3) is 0 Å². The van der Waals surface area contributed by atoms with Crippen LogP contribution in [0.3, 0.4) is 0 Å². The molecule has 0 saturated heterocycles. The summed E-state index contributed by atoms with van der Waals surface area (Å²) in [5.41, 5.74) is 0. The van der Waals surface area contributed by atoms with Crippen LogP contribution in [0, 0.1) is 0 Å². The molecule has 0 spiro atoms.